The van der Waals surface area contributed by atoms with Crippen LogP contribution < -0.4 is 45.9 Å². The van der Waals surface area contributed by atoms with Crippen molar-refractivity contribution in [2.45, 2.75) is 127 Å². The van der Waals surface area contributed by atoms with Gasteiger partial charge in [-0.2, -0.15) is 0 Å². The first-order valence-electron chi connectivity index (χ1n) is 16.7. The van der Waals surface area contributed by atoms with Crippen molar-refractivity contribution in [3.8, 4) is 0 Å². The van der Waals surface area contributed by atoms with E-state index in [2.05, 4.69) is 0 Å². The highest BCUT2D eigenvalue weighted by molar-refractivity contribution is 6.03. The Labute approximate surface area is 273 Å². The van der Waals surface area contributed by atoms with Crippen molar-refractivity contribution in [2.75, 3.05) is 32.7 Å². The Morgan fingerprint density at radius 2 is 0.761 bits per heavy atom. The Morgan fingerprint density at radius 1 is 0.457 bits per heavy atom. The van der Waals surface area contributed by atoms with Crippen LogP contribution in [0.25, 0.3) is 0 Å². The van der Waals surface area contributed by atoms with Crippen molar-refractivity contribution in [3.05, 3.63) is 0 Å². The summed E-state index contributed by atoms with van der Waals surface area (Å²) in [4.78, 5) is 67.5. The van der Waals surface area contributed by atoms with E-state index in [0.29, 0.717) is 95.3 Å². The first-order chi connectivity index (χ1) is 21.9. The Bertz CT molecular complexity index is 855. The molecule has 0 bridgehead atoms. The predicted molar refractivity (Wildman–Crippen MR) is 177 cm³/mol. The fourth-order valence-corrected chi connectivity index (χ4v) is 5.00. The molecule has 0 spiro atoms. The summed E-state index contributed by atoms with van der Waals surface area (Å²) in [6, 6.07) is -5.68. The number of aliphatic carboxylic acids is 1. The van der Waals surface area contributed by atoms with Crippen LogP contribution >= 0.6 is 0 Å². The monoisotopic (exact) mass is 658 g/mol. The average molecular weight is 659 g/mol. The minimum Gasteiger partial charge on any atom is -0.480 e. The van der Waals surface area contributed by atoms with Crippen LogP contribution in [0.2, 0.25) is 0 Å². The summed E-state index contributed by atoms with van der Waals surface area (Å²) in [5, 5.41) is 10.1. The number of hydrogen-bond donors (Lipinski definition) is 9. The van der Waals surface area contributed by atoms with Gasteiger partial charge in [-0.1, -0.05) is 25.7 Å². The molecule has 0 aromatic rings. The first-order valence-corrected chi connectivity index (χ1v) is 16.7. The molecule has 0 aliphatic rings. The predicted octanol–water partition coefficient (Wildman–Crippen LogP) is -1.85. The Balaban J connectivity index is 5.90. The molecule has 16 nitrogen and oxygen atoms in total. The van der Waals surface area contributed by atoms with E-state index in [9.17, 15) is 29.1 Å². The molecule has 16 heteroatoms. The lowest BCUT2D eigenvalue weighted by molar-refractivity contribution is -0.159. The van der Waals surface area contributed by atoms with Crippen LogP contribution in [-0.4, -0.2) is 107 Å². The van der Waals surface area contributed by atoms with Gasteiger partial charge in [-0.05, 0) is 96.8 Å². The van der Waals surface area contributed by atoms with Gasteiger partial charge in [0.15, 0.2) is 0 Å². The number of unbranched alkanes of at least 4 members (excludes halogenated alkanes) is 5. The van der Waals surface area contributed by atoms with Crippen LogP contribution in [0.1, 0.15) is 96.3 Å². The number of carbonyl (C=O) groups excluding carboxylic acids is 4. The third kappa shape index (κ3) is 16.3. The van der Waals surface area contributed by atoms with Gasteiger partial charge in [-0.3, -0.25) is 29.0 Å². The number of nitrogens with zero attached hydrogens (tertiary/aromatic N) is 2. The fourth-order valence-electron chi connectivity index (χ4n) is 5.00. The number of amides is 4. The van der Waals surface area contributed by atoms with Crippen LogP contribution in [0.5, 0.6) is 0 Å². The minimum absolute atomic E-state index is 0.0711. The van der Waals surface area contributed by atoms with Gasteiger partial charge < -0.3 is 51.0 Å². The highest BCUT2D eigenvalue weighted by Crippen LogP contribution is 2.17. The fraction of sp³-hybridized carbons (Fsp3) is 0.833. The van der Waals surface area contributed by atoms with Gasteiger partial charge in [0, 0.05) is 6.54 Å². The van der Waals surface area contributed by atoms with Crippen molar-refractivity contribution in [2.24, 2.45) is 45.9 Å². The third-order valence-electron chi connectivity index (χ3n) is 7.86. The van der Waals surface area contributed by atoms with E-state index in [-0.39, 0.29) is 38.6 Å². The highest BCUT2D eigenvalue weighted by Gasteiger charge is 2.39. The summed E-state index contributed by atoms with van der Waals surface area (Å²) in [5.74, 6) is -4.22. The number of rotatable bonds is 27. The van der Waals surface area contributed by atoms with Crippen molar-refractivity contribution in [1.82, 2.24) is 9.80 Å². The van der Waals surface area contributed by atoms with Crippen molar-refractivity contribution in [1.29, 1.82) is 0 Å². The molecule has 0 radical (unpaired) electrons. The normalized spacial score (nSPS) is 14.6. The van der Waals surface area contributed by atoms with Crippen LogP contribution in [0.4, 0.5) is 0 Å². The quantitative estimate of drug-likeness (QED) is 0.0437. The summed E-state index contributed by atoms with van der Waals surface area (Å²) in [6.07, 6.45) is 6.07. The molecular formula is C30H62N10O6. The topological polar surface area (TPSA) is 320 Å². The Morgan fingerprint density at radius 3 is 1.07 bits per heavy atom. The minimum atomic E-state index is -1.56. The maximum atomic E-state index is 13.4. The molecular weight excluding hydrogens is 596 g/mol. The number of carbonyl (C=O) groups is 5. The molecule has 5 atom stereocenters. The summed E-state index contributed by atoms with van der Waals surface area (Å²) in [7, 11) is 0. The standard InChI is InChI=1S/C30H62N10O6/c31-16-6-1-11-21(35)26(41)39(27(42)22(36)12-2-7-17-32)20-10-5-15-25(30(45)46)40(28(43)23(37)13-3-8-18-33)29(44)24(38)14-4-9-19-34/h21-25H,1-20,31-38H2,(H,45,46)/t21-,22-,23-,24-,25-/m0/s1. The second-order valence-corrected chi connectivity index (χ2v) is 11.8. The van der Waals surface area contributed by atoms with Crippen LogP contribution in [-0.2, 0) is 24.0 Å². The molecule has 268 valence electrons. The molecule has 0 fully saturated rings. The van der Waals surface area contributed by atoms with E-state index in [1.54, 1.807) is 0 Å². The van der Waals surface area contributed by atoms with Gasteiger partial charge in [0.25, 0.3) is 0 Å². The highest BCUT2D eigenvalue weighted by atomic mass is 16.4. The van der Waals surface area contributed by atoms with Crippen molar-refractivity contribution >= 4 is 29.6 Å². The summed E-state index contributed by atoms with van der Waals surface area (Å²) >= 11 is 0. The van der Waals surface area contributed by atoms with E-state index in [4.69, 9.17) is 45.9 Å². The van der Waals surface area contributed by atoms with Gasteiger partial charge >= 0.3 is 5.97 Å². The molecule has 0 aromatic carbocycles. The molecule has 0 unspecified atom stereocenters. The van der Waals surface area contributed by atoms with Crippen molar-refractivity contribution in [3.63, 3.8) is 0 Å². The van der Waals surface area contributed by atoms with Gasteiger partial charge in [0.2, 0.25) is 23.6 Å². The third-order valence-corrected chi connectivity index (χ3v) is 7.86. The molecule has 4 amide bonds. The SMILES string of the molecule is NCCCC[C@H](N)C(=O)N(CCCC[C@@H](C(=O)O)N(C(=O)[C@@H](N)CCCCN)C(=O)[C@@H](N)CCCCN)C(=O)[C@@H](N)CCCCN. The average Bonchev–Trinajstić information content (AvgIpc) is 3.03. The lowest BCUT2D eigenvalue weighted by Crippen LogP contribution is -2.58. The number of imide groups is 2. The largest absolute Gasteiger partial charge is 0.480 e. The number of hydrogen-bond acceptors (Lipinski definition) is 13. The van der Waals surface area contributed by atoms with Crippen LogP contribution in [0.3, 0.4) is 0 Å². The van der Waals surface area contributed by atoms with Gasteiger partial charge in [-0.15, -0.1) is 0 Å². The molecule has 0 saturated carbocycles. The molecule has 0 rings (SSSR count). The first kappa shape index (κ1) is 43.4. The van der Waals surface area contributed by atoms with Crippen molar-refractivity contribution < 1.29 is 29.1 Å². The smallest absolute Gasteiger partial charge is 0.326 e. The van der Waals surface area contributed by atoms with Crippen LogP contribution in [0, 0.1) is 0 Å². The lowest BCUT2D eigenvalue weighted by Gasteiger charge is -2.32. The molecule has 0 heterocycles. The second kappa shape index (κ2) is 25.5. The number of nitrogens with two attached hydrogens (primary N) is 8. The summed E-state index contributed by atoms with van der Waals surface area (Å²) < 4.78 is 0. The zero-order valence-electron chi connectivity index (χ0n) is 27.5. The molecule has 0 aromatic heterocycles. The maximum Gasteiger partial charge on any atom is 0.326 e. The summed E-state index contributed by atoms with van der Waals surface area (Å²) in [5.41, 5.74) is 46.6. The zero-order chi connectivity index (χ0) is 35.1. The Hall–Kier alpha value is -2.57. The molecule has 0 aliphatic heterocycles. The number of carboxylic acid groups (broad SMARTS) is 1. The van der Waals surface area contributed by atoms with E-state index >= 15 is 0 Å². The van der Waals surface area contributed by atoms with E-state index in [0.717, 1.165) is 4.90 Å². The van der Waals surface area contributed by atoms with Gasteiger partial charge in [0.05, 0.1) is 24.2 Å². The number of carboxylic acids is 1. The molecule has 46 heavy (non-hydrogen) atoms. The molecule has 0 saturated heterocycles. The van der Waals surface area contributed by atoms with Crippen LogP contribution in [0.15, 0.2) is 0 Å². The van der Waals surface area contributed by atoms with E-state index in [1.165, 1.54) is 0 Å². The molecule has 17 N–H and O–H groups in total. The van der Waals surface area contributed by atoms with Gasteiger partial charge in [0.1, 0.15) is 6.04 Å². The molecule has 0 aliphatic carbocycles. The van der Waals surface area contributed by atoms with E-state index in [1.807, 2.05) is 0 Å². The zero-order valence-corrected chi connectivity index (χ0v) is 27.5. The second-order valence-electron chi connectivity index (χ2n) is 11.8. The van der Waals surface area contributed by atoms with Gasteiger partial charge in [-0.25, -0.2) is 4.79 Å². The summed E-state index contributed by atoms with van der Waals surface area (Å²) in [6.45, 7) is 1.61. The maximum absolute atomic E-state index is 13.4. The Kier molecular flexibility index (Phi) is 24.1. The lowest BCUT2D eigenvalue weighted by atomic mass is 10.0. The van der Waals surface area contributed by atoms with E-state index < -0.39 is 59.8 Å².